The number of carbonyl (C=O) groups is 1. The first kappa shape index (κ1) is 13.9. The van der Waals surface area contributed by atoms with E-state index in [-0.39, 0.29) is 30.8 Å². The van der Waals surface area contributed by atoms with Crippen LogP contribution in [0.4, 0.5) is 0 Å². The van der Waals surface area contributed by atoms with Crippen LogP contribution in [-0.2, 0) is 9.53 Å². The summed E-state index contributed by atoms with van der Waals surface area (Å²) in [6, 6.07) is 9.27. The molecule has 0 fully saturated rings. The van der Waals surface area contributed by atoms with Gasteiger partial charge in [0.25, 0.3) is 0 Å². The number of hydrogen-bond acceptors (Lipinski definition) is 3. The van der Waals surface area contributed by atoms with Gasteiger partial charge in [0.2, 0.25) is 0 Å². The zero-order valence-corrected chi connectivity index (χ0v) is 9.50. The highest BCUT2D eigenvalue weighted by Gasteiger charge is 2.11. The molecule has 0 radical (unpaired) electrons. The van der Waals surface area contributed by atoms with Crippen LogP contribution in [0, 0.1) is 0 Å². The first-order valence-electron chi connectivity index (χ1n) is 4.70. The summed E-state index contributed by atoms with van der Waals surface area (Å²) in [6.45, 7) is 2.19. The van der Waals surface area contributed by atoms with Gasteiger partial charge in [0.05, 0.1) is 13.0 Å². The van der Waals surface area contributed by atoms with Gasteiger partial charge in [-0.2, -0.15) is 0 Å². The van der Waals surface area contributed by atoms with Crippen molar-refractivity contribution in [1.29, 1.82) is 0 Å². The van der Waals surface area contributed by atoms with Crippen LogP contribution in [0.2, 0.25) is 0 Å². The Labute approximate surface area is 96.0 Å². The van der Waals surface area contributed by atoms with Crippen molar-refractivity contribution in [3.8, 4) is 0 Å². The standard InChI is InChI=1S/C11H15NO2.ClH/c1-2-14-11(13)8-10(12)9-6-4-3-5-7-9;/h3-7,10H,2,8,12H2,1H3;1H/t10-;/m0./s1. The van der Waals surface area contributed by atoms with E-state index in [1.807, 2.05) is 30.3 Å². The molecule has 1 atom stereocenters. The van der Waals surface area contributed by atoms with Crippen LogP contribution in [0.5, 0.6) is 0 Å². The van der Waals surface area contributed by atoms with Gasteiger partial charge in [-0.1, -0.05) is 30.3 Å². The molecule has 0 saturated heterocycles. The number of rotatable bonds is 4. The molecular weight excluding hydrogens is 214 g/mol. The minimum atomic E-state index is -0.268. The van der Waals surface area contributed by atoms with Crippen LogP contribution < -0.4 is 5.73 Å². The number of carbonyl (C=O) groups excluding carboxylic acids is 1. The Morgan fingerprint density at radius 1 is 1.40 bits per heavy atom. The van der Waals surface area contributed by atoms with E-state index >= 15 is 0 Å². The molecule has 4 heteroatoms. The monoisotopic (exact) mass is 229 g/mol. The number of ether oxygens (including phenoxy) is 1. The van der Waals surface area contributed by atoms with Crippen molar-refractivity contribution < 1.29 is 9.53 Å². The maximum atomic E-state index is 11.1. The first-order chi connectivity index (χ1) is 6.74. The van der Waals surface area contributed by atoms with Crippen molar-refractivity contribution in [1.82, 2.24) is 0 Å². The van der Waals surface area contributed by atoms with Crippen LogP contribution in [0.3, 0.4) is 0 Å². The van der Waals surface area contributed by atoms with E-state index in [4.69, 9.17) is 10.5 Å². The van der Waals surface area contributed by atoms with Gasteiger partial charge < -0.3 is 10.5 Å². The lowest BCUT2D eigenvalue weighted by molar-refractivity contribution is -0.143. The topological polar surface area (TPSA) is 52.3 Å². The molecule has 15 heavy (non-hydrogen) atoms. The lowest BCUT2D eigenvalue weighted by Crippen LogP contribution is -2.17. The minimum absolute atomic E-state index is 0. The van der Waals surface area contributed by atoms with E-state index < -0.39 is 0 Å². The van der Waals surface area contributed by atoms with Gasteiger partial charge in [-0.3, -0.25) is 4.79 Å². The maximum Gasteiger partial charge on any atom is 0.307 e. The highest BCUT2D eigenvalue weighted by molar-refractivity contribution is 5.85. The zero-order chi connectivity index (χ0) is 10.4. The Balaban J connectivity index is 0.00000196. The van der Waals surface area contributed by atoms with Crippen molar-refractivity contribution in [3.05, 3.63) is 35.9 Å². The summed E-state index contributed by atoms with van der Waals surface area (Å²) in [6.07, 6.45) is 0.234. The molecule has 0 amide bonds. The molecule has 0 unspecified atom stereocenters. The van der Waals surface area contributed by atoms with Gasteiger partial charge in [-0.25, -0.2) is 0 Å². The van der Waals surface area contributed by atoms with Crippen LogP contribution in [-0.4, -0.2) is 12.6 Å². The normalized spacial score (nSPS) is 11.3. The zero-order valence-electron chi connectivity index (χ0n) is 8.68. The second kappa shape index (κ2) is 7.26. The number of halogens is 1. The summed E-state index contributed by atoms with van der Waals surface area (Å²) in [7, 11) is 0. The molecule has 0 saturated carbocycles. The Hall–Kier alpha value is -1.06. The largest absolute Gasteiger partial charge is 0.466 e. The molecule has 0 heterocycles. The highest BCUT2D eigenvalue weighted by atomic mass is 35.5. The number of nitrogens with two attached hydrogens (primary N) is 1. The molecule has 2 N–H and O–H groups in total. The third-order valence-corrected chi connectivity index (χ3v) is 1.92. The van der Waals surface area contributed by atoms with E-state index in [0.29, 0.717) is 6.61 Å². The minimum Gasteiger partial charge on any atom is -0.466 e. The van der Waals surface area contributed by atoms with Gasteiger partial charge in [0.15, 0.2) is 0 Å². The van der Waals surface area contributed by atoms with E-state index in [1.54, 1.807) is 6.92 Å². The summed E-state index contributed by atoms with van der Waals surface area (Å²) >= 11 is 0. The molecule has 3 nitrogen and oxygen atoms in total. The van der Waals surface area contributed by atoms with E-state index in [9.17, 15) is 4.79 Å². The predicted octanol–water partition coefficient (Wildman–Crippen LogP) is 2.06. The molecule has 0 aliphatic rings. The molecule has 0 aliphatic carbocycles. The average molecular weight is 230 g/mol. The Kier molecular flexibility index (Phi) is 6.75. The summed E-state index contributed by atoms with van der Waals surface area (Å²) in [5.41, 5.74) is 6.78. The Bertz CT molecular complexity index is 290. The van der Waals surface area contributed by atoms with Gasteiger partial charge in [0.1, 0.15) is 0 Å². The van der Waals surface area contributed by atoms with Gasteiger partial charge in [-0.15, -0.1) is 12.4 Å². The molecule has 1 aromatic carbocycles. The van der Waals surface area contributed by atoms with E-state index in [2.05, 4.69) is 0 Å². The molecule has 1 aromatic rings. The molecule has 1 rings (SSSR count). The summed E-state index contributed by atoms with van der Waals surface area (Å²) < 4.78 is 4.82. The van der Waals surface area contributed by atoms with Gasteiger partial charge >= 0.3 is 5.97 Å². The van der Waals surface area contributed by atoms with Crippen molar-refractivity contribution in [2.75, 3.05) is 6.61 Å². The van der Waals surface area contributed by atoms with Crippen LogP contribution >= 0.6 is 12.4 Å². The maximum absolute atomic E-state index is 11.1. The fourth-order valence-electron chi connectivity index (χ4n) is 1.22. The van der Waals surface area contributed by atoms with Crippen molar-refractivity contribution in [3.63, 3.8) is 0 Å². The highest BCUT2D eigenvalue weighted by Crippen LogP contribution is 2.13. The summed E-state index contributed by atoms with van der Waals surface area (Å²) in [5.74, 6) is -0.246. The van der Waals surface area contributed by atoms with Crippen LogP contribution in [0.25, 0.3) is 0 Å². The van der Waals surface area contributed by atoms with Crippen LogP contribution in [0.15, 0.2) is 30.3 Å². The first-order valence-corrected chi connectivity index (χ1v) is 4.70. The molecule has 0 spiro atoms. The summed E-state index contributed by atoms with van der Waals surface area (Å²) in [4.78, 5) is 11.1. The molecule has 0 bridgehead atoms. The second-order valence-electron chi connectivity index (χ2n) is 3.03. The van der Waals surface area contributed by atoms with E-state index in [0.717, 1.165) is 5.56 Å². The Morgan fingerprint density at radius 2 is 2.00 bits per heavy atom. The van der Waals surface area contributed by atoms with Gasteiger partial charge in [0, 0.05) is 6.04 Å². The lowest BCUT2D eigenvalue weighted by atomic mass is 10.1. The molecule has 0 aliphatic heterocycles. The summed E-state index contributed by atoms with van der Waals surface area (Å²) in [5, 5.41) is 0. The molecule has 0 aromatic heterocycles. The second-order valence-corrected chi connectivity index (χ2v) is 3.03. The smallest absolute Gasteiger partial charge is 0.307 e. The fourth-order valence-corrected chi connectivity index (χ4v) is 1.22. The number of benzene rings is 1. The third-order valence-electron chi connectivity index (χ3n) is 1.92. The van der Waals surface area contributed by atoms with Crippen molar-refractivity contribution >= 4 is 18.4 Å². The third kappa shape index (κ3) is 4.81. The SMILES string of the molecule is CCOC(=O)C[C@H](N)c1ccccc1.Cl. The molecular formula is C11H16ClNO2. The Morgan fingerprint density at radius 3 is 2.53 bits per heavy atom. The number of hydrogen-bond donors (Lipinski definition) is 1. The fraction of sp³-hybridized carbons (Fsp3) is 0.364. The van der Waals surface area contributed by atoms with Crippen molar-refractivity contribution in [2.24, 2.45) is 5.73 Å². The van der Waals surface area contributed by atoms with E-state index in [1.165, 1.54) is 0 Å². The lowest BCUT2D eigenvalue weighted by Gasteiger charge is -2.10. The number of esters is 1. The quantitative estimate of drug-likeness (QED) is 0.805. The average Bonchev–Trinajstić information content (AvgIpc) is 2.19. The predicted molar refractivity (Wildman–Crippen MR) is 61.9 cm³/mol. The molecule has 84 valence electrons. The van der Waals surface area contributed by atoms with Crippen LogP contribution in [0.1, 0.15) is 24.9 Å². The van der Waals surface area contributed by atoms with Gasteiger partial charge in [-0.05, 0) is 12.5 Å². The van der Waals surface area contributed by atoms with Crippen molar-refractivity contribution in [2.45, 2.75) is 19.4 Å².